The molecule has 150 valence electrons. The Hall–Kier alpha value is -3.45. The first kappa shape index (κ1) is 18.6. The summed E-state index contributed by atoms with van der Waals surface area (Å²) < 4.78 is 4.05. The van der Waals surface area contributed by atoms with Crippen LogP contribution in [0, 0.1) is 0 Å². The maximum absolute atomic E-state index is 13.1. The zero-order valence-corrected chi connectivity index (χ0v) is 17.8. The molecular weight excluding hydrogens is 394 g/mol. The van der Waals surface area contributed by atoms with Crippen LogP contribution in [-0.2, 0) is 5.54 Å². The highest BCUT2D eigenvalue weighted by Gasteiger charge is 2.22. The molecule has 7 heteroatoms. The summed E-state index contributed by atoms with van der Waals surface area (Å²) in [6, 6.07) is 11.6. The maximum Gasteiger partial charge on any atom is 0.257 e. The number of hydrogen-bond acceptors (Lipinski definition) is 4. The number of aromatic nitrogens is 4. The summed E-state index contributed by atoms with van der Waals surface area (Å²) in [7, 11) is 0. The van der Waals surface area contributed by atoms with Crippen LogP contribution in [0.4, 0.5) is 5.69 Å². The average Bonchev–Trinajstić information content (AvgIpc) is 3.40. The van der Waals surface area contributed by atoms with Gasteiger partial charge in [-0.2, -0.15) is 0 Å². The zero-order chi connectivity index (χ0) is 20.9. The average molecular weight is 416 g/mol. The van der Waals surface area contributed by atoms with E-state index in [1.165, 1.54) is 0 Å². The second-order valence-electron chi connectivity index (χ2n) is 8.21. The quantitative estimate of drug-likeness (QED) is 0.428. The number of benzene rings is 1. The van der Waals surface area contributed by atoms with Gasteiger partial charge in [-0.1, -0.05) is 12.1 Å². The number of carbonyl (C=O) groups excluding carboxylic acids is 1. The molecule has 5 aromatic rings. The second kappa shape index (κ2) is 6.81. The lowest BCUT2D eigenvalue weighted by Gasteiger charge is -2.21. The number of pyridine rings is 1. The molecule has 0 aliphatic heterocycles. The van der Waals surface area contributed by atoms with Crippen LogP contribution in [0.3, 0.4) is 0 Å². The van der Waals surface area contributed by atoms with Gasteiger partial charge < -0.3 is 9.88 Å². The summed E-state index contributed by atoms with van der Waals surface area (Å²) in [5.41, 5.74) is 3.81. The largest absolute Gasteiger partial charge is 0.326 e. The molecule has 0 bridgehead atoms. The number of hydrogen-bond donors (Lipinski definition) is 1. The molecule has 0 radical (unpaired) electrons. The van der Waals surface area contributed by atoms with E-state index >= 15 is 0 Å². The first-order valence-electron chi connectivity index (χ1n) is 9.71. The van der Waals surface area contributed by atoms with Gasteiger partial charge in [0.2, 0.25) is 0 Å². The molecule has 0 aliphatic carbocycles. The van der Waals surface area contributed by atoms with Crippen molar-refractivity contribution in [1.29, 1.82) is 0 Å². The molecule has 0 saturated heterocycles. The Morgan fingerprint density at radius 2 is 2.00 bits per heavy atom. The fraction of sp³-hybridized carbons (Fsp3) is 0.174. The Morgan fingerprint density at radius 1 is 1.13 bits per heavy atom. The van der Waals surface area contributed by atoms with E-state index in [1.807, 2.05) is 69.3 Å². The molecular formula is C23H21N5OS. The third-order valence-electron chi connectivity index (χ3n) is 5.04. The van der Waals surface area contributed by atoms with Gasteiger partial charge in [0, 0.05) is 52.3 Å². The number of imidazole rings is 1. The van der Waals surface area contributed by atoms with Crippen molar-refractivity contribution < 1.29 is 4.79 Å². The van der Waals surface area contributed by atoms with E-state index in [4.69, 9.17) is 0 Å². The number of rotatable bonds is 3. The van der Waals surface area contributed by atoms with Gasteiger partial charge >= 0.3 is 0 Å². The van der Waals surface area contributed by atoms with Crippen molar-refractivity contribution in [3.63, 3.8) is 0 Å². The lowest BCUT2D eigenvalue weighted by molar-refractivity contribution is 0.102. The Bertz CT molecular complexity index is 1360. The molecule has 0 saturated carbocycles. The zero-order valence-electron chi connectivity index (χ0n) is 17.0. The van der Waals surface area contributed by atoms with Gasteiger partial charge in [0.1, 0.15) is 5.65 Å². The molecule has 0 spiro atoms. The van der Waals surface area contributed by atoms with E-state index in [1.54, 1.807) is 17.5 Å². The minimum Gasteiger partial charge on any atom is -0.326 e. The smallest absolute Gasteiger partial charge is 0.257 e. The summed E-state index contributed by atoms with van der Waals surface area (Å²) in [4.78, 5) is 23.2. The SMILES string of the molecule is CC(C)(C)n1cc(C(=O)Nc2cccc(-c3cn4ccsc4n3)c2)c2cccnc21. The highest BCUT2D eigenvalue weighted by atomic mass is 32.1. The van der Waals surface area contributed by atoms with Crippen LogP contribution in [0.2, 0.25) is 0 Å². The number of fused-ring (bicyclic) bond motifs is 2. The van der Waals surface area contributed by atoms with Crippen LogP contribution in [0.1, 0.15) is 31.1 Å². The lowest BCUT2D eigenvalue weighted by atomic mass is 10.1. The predicted molar refractivity (Wildman–Crippen MR) is 121 cm³/mol. The maximum atomic E-state index is 13.1. The van der Waals surface area contributed by atoms with E-state index in [0.717, 1.165) is 32.9 Å². The van der Waals surface area contributed by atoms with Crippen LogP contribution < -0.4 is 5.32 Å². The highest BCUT2D eigenvalue weighted by Crippen LogP contribution is 2.28. The molecule has 1 N–H and O–H groups in total. The Balaban J connectivity index is 1.48. The summed E-state index contributed by atoms with van der Waals surface area (Å²) in [5, 5.41) is 5.89. The molecule has 0 unspecified atom stereocenters. The Kier molecular flexibility index (Phi) is 4.22. The molecule has 1 amide bonds. The van der Waals surface area contributed by atoms with Gasteiger partial charge in [-0.05, 0) is 45.0 Å². The minimum atomic E-state index is -0.182. The molecule has 0 aliphatic rings. The molecule has 4 aromatic heterocycles. The van der Waals surface area contributed by atoms with Gasteiger partial charge in [-0.3, -0.25) is 9.20 Å². The van der Waals surface area contributed by atoms with Gasteiger partial charge in [0.25, 0.3) is 5.91 Å². The van der Waals surface area contributed by atoms with E-state index in [-0.39, 0.29) is 11.4 Å². The normalized spacial score (nSPS) is 12.0. The minimum absolute atomic E-state index is 0.154. The van der Waals surface area contributed by atoms with E-state index in [2.05, 4.69) is 36.1 Å². The van der Waals surface area contributed by atoms with Crippen LogP contribution >= 0.6 is 11.3 Å². The Morgan fingerprint density at radius 3 is 2.80 bits per heavy atom. The first-order valence-corrected chi connectivity index (χ1v) is 10.6. The number of anilines is 1. The van der Waals surface area contributed by atoms with E-state index in [0.29, 0.717) is 5.56 Å². The van der Waals surface area contributed by atoms with Crippen LogP contribution in [-0.4, -0.2) is 24.8 Å². The number of thiazole rings is 1. The summed E-state index contributed by atoms with van der Waals surface area (Å²) in [6.45, 7) is 6.30. The summed E-state index contributed by atoms with van der Waals surface area (Å²) >= 11 is 1.59. The molecule has 6 nitrogen and oxygen atoms in total. The third-order valence-corrected chi connectivity index (χ3v) is 5.81. The Labute approximate surface area is 177 Å². The molecule has 0 fully saturated rings. The molecule has 1 aromatic carbocycles. The van der Waals surface area contributed by atoms with Crippen molar-refractivity contribution >= 4 is 38.9 Å². The third kappa shape index (κ3) is 3.17. The summed E-state index contributed by atoms with van der Waals surface area (Å²) in [6.07, 6.45) is 7.63. The first-order chi connectivity index (χ1) is 14.4. The number of nitrogens with one attached hydrogen (secondary N) is 1. The van der Waals surface area contributed by atoms with Gasteiger partial charge in [-0.15, -0.1) is 11.3 Å². The van der Waals surface area contributed by atoms with Gasteiger partial charge in [0.05, 0.1) is 11.3 Å². The van der Waals surface area contributed by atoms with Crippen molar-refractivity contribution in [1.82, 2.24) is 18.9 Å². The monoisotopic (exact) mass is 415 g/mol. The van der Waals surface area contributed by atoms with Gasteiger partial charge in [-0.25, -0.2) is 9.97 Å². The topological polar surface area (TPSA) is 64.2 Å². The van der Waals surface area contributed by atoms with Crippen LogP contribution in [0.15, 0.2) is 66.6 Å². The number of nitrogens with zero attached hydrogens (tertiary/aromatic N) is 4. The van der Waals surface area contributed by atoms with Crippen molar-refractivity contribution in [3.05, 3.63) is 72.1 Å². The van der Waals surface area contributed by atoms with Crippen molar-refractivity contribution in [2.45, 2.75) is 26.3 Å². The van der Waals surface area contributed by atoms with Gasteiger partial charge in [0.15, 0.2) is 4.96 Å². The standard InChI is InChI=1S/C23H21N5OS/c1-23(2,3)28-13-18(17-8-5-9-24-20(17)28)21(29)25-16-7-4-6-15(12-16)19-14-27-10-11-30-22(27)26-19/h4-14H,1-3H3,(H,25,29). The lowest BCUT2D eigenvalue weighted by Crippen LogP contribution is -2.21. The van der Waals surface area contributed by atoms with E-state index < -0.39 is 0 Å². The van der Waals surface area contributed by atoms with Crippen molar-refractivity contribution in [2.24, 2.45) is 0 Å². The van der Waals surface area contributed by atoms with Crippen LogP contribution in [0.5, 0.6) is 0 Å². The number of carbonyl (C=O) groups is 1. The second-order valence-corrected chi connectivity index (χ2v) is 9.09. The molecule has 0 atom stereocenters. The molecule has 4 heterocycles. The summed E-state index contributed by atoms with van der Waals surface area (Å²) in [5.74, 6) is -0.154. The number of amides is 1. The predicted octanol–water partition coefficient (Wildman–Crippen LogP) is 5.42. The molecule has 30 heavy (non-hydrogen) atoms. The van der Waals surface area contributed by atoms with Crippen molar-refractivity contribution in [2.75, 3.05) is 5.32 Å². The van der Waals surface area contributed by atoms with Crippen LogP contribution in [0.25, 0.3) is 27.3 Å². The van der Waals surface area contributed by atoms with Crippen molar-refractivity contribution in [3.8, 4) is 11.3 Å². The highest BCUT2D eigenvalue weighted by molar-refractivity contribution is 7.15. The molecule has 5 rings (SSSR count). The fourth-order valence-corrected chi connectivity index (χ4v) is 4.27. The van der Waals surface area contributed by atoms with E-state index in [9.17, 15) is 4.79 Å². The fourth-order valence-electron chi connectivity index (χ4n) is 3.57.